The summed E-state index contributed by atoms with van der Waals surface area (Å²) in [6.07, 6.45) is 2.94. The summed E-state index contributed by atoms with van der Waals surface area (Å²) < 4.78 is 79.9. The van der Waals surface area contributed by atoms with Crippen molar-refractivity contribution in [2.45, 2.75) is 75.6 Å². The summed E-state index contributed by atoms with van der Waals surface area (Å²) in [5.41, 5.74) is 1.83. The van der Waals surface area contributed by atoms with E-state index in [1.807, 2.05) is 41.3 Å². The zero-order valence-electron chi connectivity index (χ0n) is 25.6. The standard InChI is InChI=1S/C35H37F4N3O3S/c1-46(44,45)41-27-8-5-23(6-9-27)24-3-2-4-28(17-24)42(31(43)34-18-25(19-34)29(36)20-34)22-32-11-14-33(15-12-32,16-13-32)30-10-7-26(21-40-30)35(37,38)39/h2-10,17,21,25,29,41H,11-16,18-20,22H2,1H3. The highest BCUT2D eigenvalue weighted by Crippen LogP contribution is 2.62. The first-order valence-electron chi connectivity index (χ1n) is 15.9. The Hall–Kier alpha value is -3.47. The third-order valence-corrected chi connectivity index (χ3v) is 11.9. The molecule has 1 unspecified atom stereocenters. The van der Waals surface area contributed by atoms with Crippen LogP contribution in [0.4, 0.5) is 28.9 Å². The molecule has 1 N–H and O–H groups in total. The van der Waals surface area contributed by atoms with Crippen LogP contribution >= 0.6 is 0 Å². The molecule has 11 heteroatoms. The molecule has 2 aromatic carbocycles. The molecule has 0 spiro atoms. The topological polar surface area (TPSA) is 79.4 Å². The number of nitrogens with zero attached hydrogens (tertiary/aromatic N) is 2. The number of anilines is 2. The van der Waals surface area contributed by atoms with Gasteiger partial charge in [0.25, 0.3) is 0 Å². The van der Waals surface area contributed by atoms with E-state index in [1.54, 1.807) is 12.1 Å². The van der Waals surface area contributed by atoms with Crippen LogP contribution in [0.5, 0.6) is 0 Å². The summed E-state index contributed by atoms with van der Waals surface area (Å²) >= 11 is 0. The molecule has 244 valence electrons. The first-order chi connectivity index (χ1) is 21.7. The molecule has 6 fully saturated rings. The van der Waals surface area contributed by atoms with Crippen molar-refractivity contribution in [1.82, 2.24) is 4.98 Å². The largest absolute Gasteiger partial charge is 0.417 e. The number of rotatable bonds is 8. The fraction of sp³-hybridized carbons (Fsp3) is 0.486. The van der Waals surface area contributed by atoms with Crippen molar-refractivity contribution in [3.8, 4) is 11.1 Å². The van der Waals surface area contributed by atoms with E-state index in [-0.39, 0.29) is 29.1 Å². The smallest absolute Gasteiger partial charge is 0.311 e. The van der Waals surface area contributed by atoms with Crippen LogP contribution in [-0.4, -0.2) is 38.3 Å². The molecule has 0 aliphatic heterocycles. The van der Waals surface area contributed by atoms with Crippen molar-refractivity contribution < 1.29 is 30.8 Å². The zero-order valence-corrected chi connectivity index (χ0v) is 26.4. The van der Waals surface area contributed by atoms with E-state index in [2.05, 4.69) is 9.71 Å². The number of hydrogen-bond acceptors (Lipinski definition) is 4. The summed E-state index contributed by atoms with van der Waals surface area (Å²) in [4.78, 5) is 20.6. The van der Waals surface area contributed by atoms with E-state index in [9.17, 15) is 30.8 Å². The number of hydrogen-bond donors (Lipinski definition) is 1. The van der Waals surface area contributed by atoms with Crippen LogP contribution in [0.1, 0.15) is 69.0 Å². The molecule has 3 aromatic rings. The maximum Gasteiger partial charge on any atom is 0.417 e. The minimum absolute atomic E-state index is 0.0186. The predicted octanol–water partition coefficient (Wildman–Crippen LogP) is 7.90. The Morgan fingerprint density at radius 1 is 0.935 bits per heavy atom. The maximum absolute atomic E-state index is 14.7. The fourth-order valence-electron chi connectivity index (χ4n) is 8.63. The Morgan fingerprint density at radius 3 is 2.15 bits per heavy atom. The molecular formula is C35H37F4N3O3S. The molecule has 6 saturated carbocycles. The second-order valence-electron chi connectivity index (χ2n) is 14.3. The van der Waals surface area contributed by atoms with Gasteiger partial charge in [0.15, 0.2) is 0 Å². The van der Waals surface area contributed by atoms with Crippen molar-refractivity contribution in [3.63, 3.8) is 0 Å². The van der Waals surface area contributed by atoms with Gasteiger partial charge in [0.05, 0.1) is 17.2 Å². The second-order valence-corrected chi connectivity index (χ2v) is 16.0. The van der Waals surface area contributed by atoms with Gasteiger partial charge < -0.3 is 4.90 Å². The van der Waals surface area contributed by atoms with Gasteiger partial charge >= 0.3 is 6.18 Å². The van der Waals surface area contributed by atoms with Crippen LogP contribution in [0.15, 0.2) is 66.9 Å². The Balaban J connectivity index is 1.15. The number of aromatic nitrogens is 1. The number of carbonyl (C=O) groups is 1. The third kappa shape index (κ3) is 5.58. The minimum Gasteiger partial charge on any atom is -0.311 e. The number of benzene rings is 2. The van der Waals surface area contributed by atoms with Gasteiger partial charge in [-0.15, -0.1) is 0 Å². The molecule has 6 aliphatic rings. The highest BCUT2D eigenvalue weighted by atomic mass is 32.2. The lowest BCUT2D eigenvalue weighted by atomic mass is 9.52. The summed E-state index contributed by atoms with van der Waals surface area (Å²) in [6, 6.07) is 17.5. The Labute approximate surface area is 266 Å². The summed E-state index contributed by atoms with van der Waals surface area (Å²) in [7, 11) is -3.41. The van der Waals surface area contributed by atoms with Gasteiger partial charge in [-0.25, -0.2) is 12.8 Å². The van der Waals surface area contributed by atoms with Gasteiger partial charge in [-0.1, -0.05) is 24.3 Å². The quantitative estimate of drug-likeness (QED) is 0.250. The lowest BCUT2D eigenvalue weighted by Gasteiger charge is -2.55. The van der Waals surface area contributed by atoms with Gasteiger partial charge in [0.2, 0.25) is 15.9 Å². The number of pyridine rings is 1. The molecule has 0 radical (unpaired) electrons. The number of fused-ring (bicyclic) bond motifs is 4. The molecule has 1 atom stereocenters. The molecule has 6 aliphatic carbocycles. The predicted molar refractivity (Wildman–Crippen MR) is 168 cm³/mol. The van der Waals surface area contributed by atoms with Gasteiger partial charge in [-0.2, -0.15) is 13.2 Å². The van der Waals surface area contributed by atoms with Crippen LogP contribution in [0, 0.1) is 16.7 Å². The maximum atomic E-state index is 14.7. The van der Waals surface area contributed by atoms with Gasteiger partial charge in [-0.05, 0) is 117 Å². The van der Waals surface area contributed by atoms with Crippen LogP contribution in [-0.2, 0) is 26.4 Å². The number of nitrogens with one attached hydrogen (secondary N) is 1. The molecule has 1 heterocycles. The number of carbonyl (C=O) groups excluding carboxylic acids is 1. The molecule has 0 saturated heterocycles. The highest BCUT2D eigenvalue weighted by molar-refractivity contribution is 7.92. The van der Waals surface area contributed by atoms with Crippen LogP contribution < -0.4 is 9.62 Å². The molecule has 4 bridgehead atoms. The van der Waals surface area contributed by atoms with E-state index in [4.69, 9.17) is 0 Å². The second kappa shape index (κ2) is 10.8. The first-order valence-corrected chi connectivity index (χ1v) is 17.8. The molecule has 9 rings (SSSR count). The summed E-state index contributed by atoms with van der Waals surface area (Å²) in [5.74, 6) is -0.0643. The SMILES string of the molecule is CS(=O)(=O)Nc1ccc(-c2cccc(N(CC34CCC(c5ccc(C(F)(F)F)cn5)(CC3)CC4)C(=O)C34CC(F)C(C3)C4)c2)cc1. The number of sulfonamides is 1. The van der Waals surface area contributed by atoms with Gasteiger partial charge in [0.1, 0.15) is 6.17 Å². The third-order valence-electron chi connectivity index (χ3n) is 11.3. The van der Waals surface area contributed by atoms with Crippen molar-refractivity contribution in [1.29, 1.82) is 0 Å². The Bertz CT molecular complexity index is 1730. The van der Waals surface area contributed by atoms with E-state index in [0.717, 1.165) is 73.9 Å². The van der Waals surface area contributed by atoms with Crippen molar-refractivity contribution in [2.24, 2.45) is 16.7 Å². The normalized spacial score (nSPS) is 30.1. The minimum atomic E-state index is -4.43. The summed E-state index contributed by atoms with van der Waals surface area (Å²) in [6.45, 7) is 0.506. The zero-order chi connectivity index (χ0) is 32.5. The lowest BCUT2D eigenvalue weighted by Crippen LogP contribution is -2.54. The van der Waals surface area contributed by atoms with Crippen molar-refractivity contribution in [2.75, 3.05) is 22.4 Å². The fourth-order valence-corrected chi connectivity index (χ4v) is 9.19. The number of amides is 1. The van der Waals surface area contributed by atoms with Crippen LogP contribution in [0.2, 0.25) is 0 Å². The van der Waals surface area contributed by atoms with Gasteiger partial charge in [-0.3, -0.25) is 14.5 Å². The van der Waals surface area contributed by atoms with Crippen molar-refractivity contribution >= 4 is 27.3 Å². The number of halogens is 4. The monoisotopic (exact) mass is 655 g/mol. The molecule has 46 heavy (non-hydrogen) atoms. The highest BCUT2D eigenvalue weighted by Gasteiger charge is 2.62. The van der Waals surface area contributed by atoms with Crippen LogP contribution in [0.3, 0.4) is 0 Å². The lowest BCUT2D eigenvalue weighted by molar-refractivity contribution is -0.138. The number of alkyl halides is 4. The van der Waals surface area contributed by atoms with Gasteiger partial charge in [0, 0.05) is 35.2 Å². The van der Waals surface area contributed by atoms with E-state index in [1.165, 1.54) is 6.07 Å². The molecule has 1 amide bonds. The van der Waals surface area contributed by atoms with Crippen molar-refractivity contribution in [3.05, 3.63) is 78.1 Å². The van der Waals surface area contributed by atoms with E-state index < -0.39 is 33.3 Å². The average Bonchev–Trinajstić information content (AvgIpc) is 3.53. The Morgan fingerprint density at radius 2 is 1.61 bits per heavy atom. The van der Waals surface area contributed by atoms with E-state index in [0.29, 0.717) is 30.8 Å². The summed E-state index contributed by atoms with van der Waals surface area (Å²) in [5, 5.41) is 0. The molecular weight excluding hydrogens is 618 g/mol. The molecule has 6 nitrogen and oxygen atoms in total. The first kappa shape index (κ1) is 31.1. The van der Waals surface area contributed by atoms with Crippen LogP contribution in [0.25, 0.3) is 11.1 Å². The average molecular weight is 656 g/mol. The molecule has 1 aromatic heterocycles. The van der Waals surface area contributed by atoms with E-state index >= 15 is 0 Å². The Kier molecular flexibility index (Phi) is 7.30.